The van der Waals surface area contributed by atoms with Crippen molar-refractivity contribution in [3.05, 3.63) is 0 Å². The van der Waals surface area contributed by atoms with E-state index in [1.807, 2.05) is 0 Å². The number of carbonyl (C=O) groups is 1. The molecule has 1 atom stereocenters. The molecule has 3 fully saturated rings. The van der Waals surface area contributed by atoms with Gasteiger partial charge in [0.2, 0.25) is 5.91 Å². The van der Waals surface area contributed by atoms with Crippen molar-refractivity contribution in [1.29, 1.82) is 0 Å². The van der Waals surface area contributed by atoms with Crippen LogP contribution in [0.5, 0.6) is 0 Å². The van der Waals surface area contributed by atoms with Gasteiger partial charge in [-0.1, -0.05) is 0 Å². The van der Waals surface area contributed by atoms with Crippen molar-refractivity contribution >= 4 is 35.8 Å². The first kappa shape index (κ1) is 16.8. The third-order valence-corrected chi connectivity index (χ3v) is 4.90. The lowest BCUT2D eigenvalue weighted by Gasteiger charge is -2.42. The molecule has 120 valence electrons. The topological polar surface area (TPSA) is 56.7 Å². The molecule has 2 saturated heterocycles. The number of nitrogens with one attached hydrogen (secondary N) is 2. The fraction of sp³-hybridized carbons (Fsp3) is 0.867. The van der Waals surface area contributed by atoms with Gasteiger partial charge in [0, 0.05) is 44.1 Å². The van der Waals surface area contributed by atoms with Gasteiger partial charge < -0.3 is 15.5 Å². The summed E-state index contributed by atoms with van der Waals surface area (Å²) in [6, 6.07) is 0.613. The third kappa shape index (κ3) is 3.81. The number of hydrogen-bond acceptors (Lipinski definition) is 2. The molecule has 0 bridgehead atoms. The van der Waals surface area contributed by atoms with Crippen molar-refractivity contribution in [1.82, 2.24) is 15.5 Å². The summed E-state index contributed by atoms with van der Waals surface area (Å²) in [6.07, 6.45) is 6.87. The Hall–Kier alpha value is -0.530. The van der Waals surface area contributed by atoms with E-state index in [0.717, 1.165) is 45.0 Å². The first-order chi connectivity index (χ1) is 9.71. The van der Waals surface area contributed by atoms with Crippen molar-refractivity contribution < 1.29 is 4.79 Å². The smallest absolute Gasteiger partial charge is 0.220 e. The van der Waals surface area contributed by atoms with Crippen LogP contribution in [0.25, 0.3) is 0 Å². The molecule has 2 heterocycles. The number of carbonyl (C=O) groups excluding carboxylic acids is 1. The highest BCUT2D eigenvalue weighted by molar-refractivity contribution is 14.0. The molecule has 1 spiro atoms. The van der Waals surface area contributed by atoms with E-state index in [-0.39, 0.29) is 35.3 Å². The number of piperidine rings is 1. The van der Waals surface area contributed by atoms with E-state index in [1.54, 1.807) is 0 Å². The van der Waals surface area contributed by atoms with E-state index in [2.05, 4.69) is 27.4 Å². The maximum atomic E-state index is 11.6. The highest BCUT2D eigenvalue weighted by atomic mass is 127. The minimum absolute atomic E-state index is 0. The van der Waals surface area contributed by atoms with E-state index >= 15 is 0 Å². The summed E-state index contributed by atoms with van der Waals surface area (Å²) >= 11 is 0. The zero-order chi connectivity index (χ0) is 14.0. The quantitative estimate of drug-likeness (QED) is 0.417. The molecule has 1 saturated carbocycles. The minimum atomic E-state index is 0. The van der Waals surface area contributed by atoms with Gasteiger partial charge in [0.05, 0.1) is 0 Å². The van der Waals surface area contributed by atoms with E-state index in [9.17, 15) is 4.79 Å². The first-order valence-corrected chi connectivity index (χ1v) is 8.03. The van der Waals surface area contributed by atoms with Gasteiger partial charge in [-0.3, -0.25) is 9.79 Å². The Morgan fingerprint density at radius 1 is 1.48 bits per heavy atom. The van der Waals surface area contributed by atoms with Gasteiger partial charge in [-0.15, -0.1) is 24.0 Å². The van der Waals surface area contributed by atoms with Crippen molar-refractivity contribution in [2.24, 2.45) is 10.4 Å². The summed E-state index contributed by atoms with van der Waals surface area (Å²) in [7, 11) is 0. The molecular formula is C15H27IN4O. The van der Waals surface area contributed by atoms with E-state index < -0.39 is 0 Å². The molecule has 0 radical (unpaired) electrons. The summed E-state index contributed by atoms with van der Waals surface area (Å²) in [5, 5.41) is 6.62. The summed E-state index contributed by atoms with van der Waals surface area (Å²) in [5.74, 6) is 1.28. The molecule has 2 aliphatic heterocycles. The normalized spacial score (nSPS) is 29.9. The Kier molecular flexibility index (Phi) is 5.73. The third-order valence-electron chi connectivity index (χ3n) is 4.90. The van der Waals surface area contributed by atoms with Crippen LogP contribution in [-0.2, 0) is 4.79 Å². The molecule has 1 unspecified atom stereocenters. The number of rotatable bonds is 2. The lowest BCUT2D eigenvalue weighted by Crippen LogP contribution is -2.54. The number of amides is 1. The summed E-state index contributed by atoms with van der Waals surface area (Å²) in [5.41, 5.74) is 0.144. The highest BCUT2D eigenvalue weighted by Crippen LogP contribution is 2.36. The number of likely N-dealkylation sites (tertiary alicyclic amines) is 1. The monoisotopic (exact) mass is 406 g/mol. The molecule has 0 aromatic rings. The van der Waals surface area contributed by atoms with E-state index in [4.69, 9.17) is 0 Å². The van der Waals surface area contributed by atoms with Crippen LogP contribution in [0.15, 0.2) is 4.99 Å². The lowest BCUT2D eigenvalue weighted by atomic mass is 9.79. The summed E-state index contributed by atoms with van der Waals surface area (Å²) in [6.45, 7) is 5.77. The molecule has 21 heavy (non-hydrogen) atoms. The molecule has 6 heteroatoms. The Morgan fingerprint density at radius 3 is 2.86 bits per heavy atom. The van der Waals surface area contributed by atoms with Crippen LogP contribution < -0.4 is 10.6 Å². The molecule has 0 aromatic heterocycles. The largest absolute Gasteiger partial charge is 0.355 e. The molecule has 5 nitrogen and oxygen atoms in total. The molecule has 1 amide bonds. The standard InChI is InChI=1S/C15H26N4O.HI/c1-2-16-14(18-12-5-3-6-12)19-8-4-7-15(11-19)9-13(20)17-10-15;/h12H,2-11H2,1H3,(H,16,18)(H,17,20);1H. The Morgan fingerprint density at radius 2 is 2.29 bits per heavy atom. The van der Waals surface area contributed by atoms with Crippen LogP contribution in [0.2, 0.25) is 0 Å². The first-order valence-electron chi connectivity index (χ1n) is 8.03. The van der Waals surface area contributed by atoms with Crippen LogP contribution in [0.1, 0.15) is 45.4 Å². The minimum Gasteiger partial charge on any atom is -0.355 e. The molecule has 2 N–H and O–H groups in total. The van der Waals surface area contributed by atoms with Gasteiger partial charge in [0.1, 0.15) is 0 Å². The second-order valence-corrected chi connectivity index (χ2v) is 6.55. The second kappa shape index (κ2) is 7.15. The van der Waals surface area contributed by atoms with E-state index in [1.165, 1.54) is 19.3 Å². The van der Waals surface area contributed by atoms with Crippen LogP contribution in [0, 0.1) is 5.41 Å². The zero-order valence-corrected chi connectivity index (χ0v) is 15.2. The second-order valence-electron chi connectivity index (χ2n) is 6.55. The fourth-order valence-corrected chi connectivity index (χ4v) is 3.55. The van der Waals surface area contributed by atoms with Crippen LogP contribution in [0.4, 0.5) is 0 Å². The van der Waals surface area contributed by atoms with Gasteiger partial charge in [-0.25, -0.2) is 0 Å². The number of hydrogen-bond donors (Lipinski definition) is 2. The van der Waals surface area contributed by atoms with Crippen molar-refractivity contribution in [2.75, 3.05) is 26.2 Å². The molecule has 3 rings (SSSR count). The van der Waals surface area contributed by atoms with Gasteiger partial charge >= 0.3 is 0 Å². The predicted octanol–water partition coefficient (Wildman–Crippen LogP) is 1.72. The van der Waals surface area contributed by atoms with Crippen LogP contribution in [0.3, 0.4) is 0 Å². The number of halogens is 1. The number of nitrogens with zero attached hydrogens (tertiary/aromatic N) is 2. The van der Waals surface area contributed by atoms with Crippen LogP contribution >= 0.6 is 24.0 Å². The summed E-state index contributed by atoms with van der Waals surface area (Å²) in [4.78, 5) is 18.6. The molecule has 0 aromatic carbocycles. The molecular weight excluding hydrogens is 379 g/mol. The van der Waals surface area contributed by atoms with Gasteiger partial charge in [-0.05, 0) is 39.0 Å². The molecule has 1 aliphatic carbocycles. The van der Waals surface area contributed by atoms with Crippen molar-refractivity contribution in [2.45, 2.75) is 51.5 Å². The lowest BCUT2D eigenvalue weighted by molar-refractivity contribution is -0.119. The number of guanidine groups is 1. The maximum absolute atomic E-state index is 11.6. The van der Waals surface area contributed by atoms with E-state index in [0.29, 0.717) is 12.5 Å². The van der Waals surface area contributed by atoms with Gasteiger partial charge in [-0.2, -0.15) is 0 Å². The van der Waals surface area contributed by atoms with Crippen LogP contribution in [-0.4, -0.2) is 49.0 Å². The predicted molar refractivity (Wildman–Crippen MR) is 95.0 cm³/mol. The average Bonchev–Trinajstić information content (AvgIpc) is 2.73. The van der Waals surface area contributed by atoms with Gasteiger partial charge in [0.15, 0.2) is 5.96 Å². The van der Waals surface area contributed by atoms with Crippen molar-refractivity contribution in [3.63, 3.8) is 0 Å². The zero-order valence-electron chi connectivity index (χ0n) is 12.9. The van der Waals surface area contributed by atoms with Gasteiger partial charge in [0.25, 0.3) is 0 Å². The fourth-order valence-electron chi connectivity index (χ4n) is 3.55. The Labute approximate surface area is 144 Å². The molecule has 3 aliphatic rings. The SMILES string of the molecule is CCN=C(NC1CCC1)N1CCCC2(CNC(=O)C2)C1.I. The highest BCUT2D eigenvalue weighted by Gasteiger charge is 2.42. The summed E-state index contributed by atoms with van der Waals surface area (Å²) < 4.78 is 0. The van der Waals surface area contributed by atoms with Crippen molar-refractivity contribution in [3.8, 4) is 0 Å². The number of aliphatic imine (C=N–C) groups is 1. The maximum Gasteiger partial charge on any atom is 0.220 e. The Balaban J connectivity index is 0.00000161. The Bertz CT molecular complexity index is 410. The average molecular weight is 406 g/mol.